The molecule has 6 heteroatoms. The van der Waals surface area contributed by atoms with Crippen molar-refractivity contribution in [3.8, 4) is 5.88 Å². The zero-order chi connectivity index (χ0) is 30.5. The third-order valence-electron chi connectivity index (χ3n) is 8.25. The predicted molar refractivity (Wildman–Crippen MR) is 176 cm³/mol. The summed E-state index contributed by atoms with van der Waals surface area (Å²) in [7, 11) is 1.61. The van der Waals surface area contributed by atoms with E-state index in [4.69, 9.17) is 26.4 Å². The maximum absolute atomic E-state index is 13.4. The van der Waals surface area contributed by atoms with Crippen LogP contribution in [0.15, 0.2) is 127 Å². The van der Waals surface area contributed by atoms with Gasteiger partial charge < -0.3 is 4.74 Å². The number of carbonyl (C=O) groups is 1. The van der Waals surface area contributed by atoms with Crippen LogP contribution < -0.4 is 4.74 Å². The summed E-state index contributed by atoms with van der Waals surface area (Å²) >= 11 is 6.54. The summed E-state index contributed by atoms with van der Waals surface area (Å²) < 4.78 is 7.91. The quantitative estimate of drug-likeness (QED) is 0.111. The fraction of sp³-hybridized carbons (Fsp3) is 0.184. The topological polar surface area (TPSA) is 57.0 Å². The van der Waals surface area contributed by atoms with E-state index in [-0.39, 0.29) is 24.0 Å². The SMILES string of the molecule is COc1nn(C(c2ccccc2)(c2ccccc2)c2ccccc2)c2cc(CC(=O)C[C@H](C)c3ccccc3)nc(CCl)c12. The normalized spacial score (nSPS) is 12.2. The molecule has 220 valence electrons. The first kappa shape index (κ1) is 29.3. The number of halogens is 1. The third kappa shape index (κ3) is 5.40. The maximum Gasteiger partial charge on any atom is 0.242 e. The number of alkyl halides is 1. The highest BCUT2D eigenvalue weighted by atomic mass is 35.5. The largest absolute Gasteiger partial charge is 0.479 e. The number of aromatic nitrogens is 3. The van der Waals surface area contributed by atoms with Gasteiger partial charge in [-0.05, 0) is 34.2 Å². The number of ketones is 1. The van der Waals surface area contributed by atoms with E-state index >= 15 is 0 Å². The first-order valence-electron chi connectivity index (χ1n) is 14.8. The van der Waals surface area contributed by atoms with Gasteiger partial charge in [0.25, 0.3) is 0 Å². The van der Waals surface area contributed by atoms with Gasteiger partial charge in [0.2, 0.25) is 5.88 Å². The second-order valence-corrected chi connectivity index (χ2v) is 11.3. The van der Waals surface area contributed by atoms with Crippen LogP contribution in [0.5, 0.6) is 5.88 Å². The summed E-state index contributed by atoms with van der Waals surface area (Å²) in [5.41, 5.74) is 5.45. The number of ether oxygens (including phenoxy) is 1. The van der Waals surface area contributed by atoms with Crippen molar-refractivity contribution in [2.45, 2.75) is 37.1 Å². The van der Waals surface area contributed by atoms with E-state index in [9.17, 15) is 4.79 Å². The highest BCUT2D eigenvalue weighted by Crippen LogP contribution is 2.44. The molecule has 0 amide bonds. The van der Waals surface area contributed by atoms with Crippen LogP contribution in [0, 0.1) is 0 Å². The maximum atomic E-state index is 13.4. The highest BCUT2D eigenvalue weighted by molar-refractivity contribution is 6.18. The van der Waals surface area contributed by atoms with Crippen molar-refractivity contribution in [2.75, 3.05) is 7.11 Å². The van der Waals surface area contributed by atoms with Gasteiger partial charge in [-0.2, -0.15) is 0 Å². The summed E-state index contributed by atoms with van der Waals surface area (Å²) in [4.78, 5) is 18.3. The van der Waals surface area contributed by atoms with Crippen LogP contribution >= 0.6 is 11.6 Å². The summed E-state index contributed by atoms with van der Waals surface area (Å²) in [6.07, 6.45) is 0.615. The molecule has 0 aliphatic rings. The average Bonchev–Trinajstić information content (AvgIpc) is 3.45. The van der Waals surface area contributed by atoms with Crippen LogP contribution in [0.25, 0.3) is 10.9 Å². The van der Waals surface area contributed by atoms with Gasteiger partial charge in [0.15, 0.2) is 0 Å². The van der Waals surface area contributed by atoms with Crippen molar-refractivity contribution in [1.29, 1.82) is 0 Å². The highest BCUT2D eigenvalue weighted by Gasteiger charge is 2.41. The molecule has 0 unspecified atom stereocenters. The smallest absolute Gasteiger partial charge is 0.242 e. The van der Waals surface area contributed by atoms with E-state index in [0.717, 1.165) is 33.2 Å². The molecule has 0 saturated carbocycles. The Labute approximate surface area is 263 Å². The molecule has 2 heterocycles. The van der Waals surface area contributed by atoms with Gasteiger partial charge in [0.1, 0.15) is 11.3 Å². The number of fused-ring (bicyclic) bond motifs is 1. The molecule has 5 nitrogen and oxygen atoms in total. The first-order valence-corrected chi connectivity index (χ1v) is 15.3. The standard InChI is InChI=1S/C38H34ClN3O2/c1-27(28-15-7-3-8-16-28)23-33(43)24-32-25-35-36(34(26-39)40-32)37(44-2)41-42(35)38(29-17-9-4-10-18-29,30-19-11-5-12-20-30)31-21-13-6-14-22-31/h3-22,25,27H,23-24,26H2,1-2H3/t27-/m0/s1. The number of benzene rings is 4. The Bertz CT molecular complexity index is 1760. The van der Waals surface area contributed by atoms with Crippen molar-refractivity contribution in [1.82, 2.24) is 14.8 Å². The third-order valence-corrected chi connectivity index (χ3v) is 8.51. The fourth-order valence-electron chi connectivity index (χ4n) is 6.24. The van der Waals surface area contributed by atoms with E-state index < -0.39 is 5.54 Å². The molecule has 0 bridgehead atoms. The lowest BCUT2D eigenvalue weighted by Crippen LogP contribution is -2.38. The first-order chi connectivity index (χ1) is 21.6. The van der Waals surface area contributed by atoms with E-state index in [2.05, 4.69) is 55.5 Å². The second kappa shape index (κ2) is 12.9. The zero-order valence-electron chi connectivity index (χ0n) is 24.9. The molecule has 2 aromatic heterocycles. The number of carbonyl (C=O) groups excluding carboxylic acids is 1. The van der Waals surface area contributed by atoms with Gasteiger partial charge in [0.05, 0.1) is 35.3 Å². The summed E-state index contributed by atoms with van der Waals surface area (Å²) in [6.45, 7) is 2.09. The van der Waals surface area contributed by atoms with Crippen molar-refractivity contribution in [2.24, 2.45) is 0 Å². The van der Waals surface area contributed by atoms with E-state index in [0.29, 0.717) is 23.7 Å². The van der Waals surface area contributed by atoms with Crippen LogP contribution in [0.1, 0.15) is 52.9 Å². The number of hydrogen-bond donors (Lipinski definition) is 0. The molecule has 6 rings (SSSR count). The van der Waals surface area contributed by atoms with Gasteiger partial charge >= 0.3 is 0 Å². The molecular weight excluding hydrogens is 566 g/mol. The van der Waals surface area contributed by atoms with Gasteiger partial charge in [-0.3, -0.25) is 9.78 Å². The van der Waals surface area contributed by atoms with Gasteiger partial charge in [0, 0.05) is 12.8 Å². The zero-order valence-corrected chi connectivity index (χ0v) is 25.6. The average molecular weight is 600 g/mol. The Balaban J connectivity index is 1.57. The Morgan fingerprint density at radius 2 is 1.32 bits per heavy atom. The molecule has 0 saturated heterocycles. The number of hydrogen-bond acceptors (Lipinski definition) is 4. The molecule has 0 fully saturated rings. The minimum absolute atomic E-state index is 0.104. The number of pyridine rings is 1. The lowest BCUT2D eigenvalue weighted by molar-refractivity contribution is -0.118. The van der Waals surface area contributed by atoms with Crippen LogP contribution in [0.2, 0.25) is 0 Å². The van der Waals surface area contributed by atoms with Crippen molar-refractivity contribution >= 4 is 28.3 Å². The Morgan fingerprint density at radius 3 is 1.80 bits per heavy atom. The molecule has 0 aliphatic carbocycles. The van der Waals surface area contributed by atoms with E-state index in [1.165, 1.54) is 0 Å². The molecule has 0 aliphatic heterocycles. The molecule has 6 aromatic rings. The van der Waals surface area contributed by atoms with E-state index in [1.54, 1.807) is 7.11 Å². The van der Waals surface area contributed by atoms with Crippen LogP contribution in [0.3, 0.4) is 0 Å². The van der Waals surface area contributed by atoms with Crippen molar-refractivity contribution in [3.05, 3.63) is 161 Å². The summed E-state index contributed by atoms with van der Waals surface area (Å²) in [5.74, 6) is 0.807. The summed E-state index contributed by atoms with van der Waals surface area (Å²) in [6, 6.07) is 43.2. The van der Waals surface area contributed by atoms with Gasteiger partial charge in [-0.25, -0.2) is 4.68 Å². The minimum atomic E-state index is -0.868. The molecule has 44 heavy (non-hydrogen) atoms. The fourth-order valence-corrected chi connectivity index (χ4v) is 6.43. The minimum Gasteiger partial charge on any atom is -0.479 e. The van der Waals surface area contributed by atoms with Crippen LogP contribution in [0.4, 0.5) is 0 Å². The van der Waals surface area contributed by atoms with Gasteiger partial charge in [-0.15, -0.1) is 16.7 Å². The van der Waals surface area contributed by atoms with Crippen LogP contribution in [-0.2, 0) is 22.6 Å². The monoisotopic (exact) mass is 599 g/mol. The molecule has 0 spiro atoms. The Morgan fingerprint density at radius 1 is 0.818 bits per heavy atom. The van der Waals surface area contributed by atoms with Crippen molar-refractivity contribution in [3.63, 3.8) is 0 Å². The lowest BCUT2D eigenvalue weighted by Gasteiger charge is -2.37. The van der Waals surface area contributed by atoms with Crippen molar-refractivity contribution < 1.29 is 9.53 Å². The number of Topliss-reactive ketones (excluding diaryl/α,β-unsaturated/α-hetero) is 1. The number of methoxy groups -OCH3 is 1. The van der Waals surface area contributed by atoms with Gasteiger partial charge in [-0.1, -0.05) is 128 Å². The lowest BCUT2D eigenvalue weighted by atomic mass is 9.77. The summed E-state index contributed by atoms with van der Waals surface area (Å²) in [5, 5.41) is 5.88. The Hall–Kier alpha value is -4.74. The predicted octanol–water partition coefficient (Wildman–Crippen LogP) is 8.32. The molecule has 1 atom stereocenters. The number of nitrogens with zero attached hydrogens (tertiary/aromatic N) is 3. The molecule has 0 N–H and O–H groups in total. The van der Waals surface area contributed by atoms with E-state index in [1.807, 2.05) is 83.5 Å². The molecule has 4 aromatic carbocycles. The Kier molecular flexibility index (Phi) is 8.58. The molecular formula is C38H34ClN3O2. The number of rotatable bonds is 11. The second-order valence-electron chi connectivity index (χ2n) is 11.0. The van der Waals surface area contributed by atoms with Crippen LogP contribution in [-0.4, -0.2) is 27.7 Å². The molecule has 0 radical (unpaired) electrons.